The fraction of sp³-hybridized carbons (Fsp3) is 0.375. The molecule has 0 aromatic carbocycles. The van der Waals surface area contributed by atoms with E-state index in [1.807, 2.05) is 30.6 Å². The summed E-state index contributed by atoms with van der Waals surface area (Å²) >= 11 is 5.88. The van der Waals surface area contributed by atoms with Gasteiger partial charge in [-0.2, -0.15) is 0 Å². The summed E-state index contributed by atoms with van der Waals surface area (Å²) in [6.45, 7) is 4.35. The van der Waals surface area contributed by atoms with Crippen LogP contribution < -0.4 is 5.32 Å². The number of rotatable bonds is 4. The number of thiocarbonyl (C=S) groups is 1. The zero-order chi connectivity index (χ0) is 20.7. The Morgan fingerprint density at radius 2 is 1.73 bits per heavy atom. The lowest BCUT2D eigenvalue weighted by Crippen LogP contribution is -2.37. The van der Waals surface area contributed by atoms with Gasteiger partial charge in [-0.3, -0.25) is 4.98 Å². The van der Waals surface area contributed by atoms with Crippen molar-refractivity contribution in [1.29, 1.82) is 0 Å². The van der Waals surface area contributed by atoms with Crippen LogP contribution in [0, 0.1) is 13.8 Å². The Labute approximate surface area is 183 Å². The molecule has 1 saturated heterocycles. The van der Waals surface area contributed by atoms with Crippen LogP contribution in [0.2, 0.25) is 0 Å². The van der Waals surface area contributed by atoms with E-state index < -0.39 is 0 Å². The third kappa shape index (κ3) is 3.19. The minimum absolute atomic E-state index is 0.0389. The number of nitrogens with zero attached hydrogens (tertiary/aromatic N) is 4. The third-order valence-corrected chi connectivity index (χ3v) is 6.85. The highest BCUT2D eigenvalue weighted by Crippen LogP contribution is 2.44. The lowest BCUT2D eigenvalue weighted by atomic mass is 9.95. The number of aromatic nitrogens is 3. The molecular formula is C24H27N5S. The van der Waals surface area contributed by atoms with Gasteiger partial charge in [0.05, 0.1) is 17.8 Å². The molecule has 5 rings (SSSR count). The fourth-order valence-corrected chi connectivity index (χ4v) is 5.59. The topological polar surface area (TPSA) is 46.0 Å². The fourth-order valence-electron chi connectivity index (χ4n) is 5.20. The highest BCUT2D eigenvalue weighted by Gasteiger charge is 2.44. The van der Waals surface area contributed by atoms with Crippen LogP contribution in [0.1, 0.15) is 60.4 Å². The summed E-state index contributed by atoms with van der Waals surface area (Å²) < 4.78 is 2.25. The van der Waals surface area contributed by atoms with E-state index in [1.54, 1.807) is 0 Å². The van der Waals surface area contributed by atoms with Crippen LogP contribution in [0.15, 0.2) is 54.9 Å². The van der Waals surface area contributed by atoms with E-state index >= 15 is 0 Å². The second kappa shape index (κ2) is 7.84. The van der Waals surface area contributed by atoms with Crippen molar-refractivity contribution in [2.75, 3.05) is 0 Å². The molecule has 6 heteroatoms. The molecule has 154 valence electrons. The van der Waals surface area contributed by atoms with Crippen LogP contribution in [-0.4, -0.2) is 30.6 Å². The number of hydrogen-bond acceptors (Lipinski definition) is 3. The number of nitrogens with one attached hydrogen (secondary N) is 1. The molecule has 1 aliphatic heterocycles. The molecule has 3 aromatic heterocycles. The molecule has 0 spiro atoms. The lowest BCUT2D eigenvalue weighted by Gasteiger charge is -2.33. The monoisotopic (exact) mass is 417 g/mol. The van der Waals surface area contributed by atoms with E-state index in [1.165, 1.54) is 42.6 Å². The maximum Gasteiger partial charge on any atom is 0.170 e. The largest absolute Gasteiger partial charge is 0.352 e. The Morgan fingerprint density at radius 1 is 1.00 bits per heavy atom. The van der Waals surface area contributed by atoms with Gasteiger partial charge in [0.1, 0.15) is 5.82 Å². The summed E-state index contributed by atoms with van der Waals surface area (Å²) in [5.74, 6) is 0.953. The van der Waals surface area contributed by atoms with E-state index in [-0.39, 0.29) is 12.1 Å². The van der Waals surface area contributed by atoms with Crippen LogP contribution in [0.25, 0.3) is 5.82 Å². The molecule has 2 aliphatic rings. The summed E-state index contributed by atoms with van der Waals surface area (Å²) in [7, 11) is 0. The second-order valence-electron chi connectivity index (χ2n) is 8.32. The van der Waals surface area contributed by atoms with E-state index in [0.29, 0.717) is 6.04 Å². The highest BCUT2D eigenvalue weighted by atomic mass is 32.1. The number of aryl methyl sites for hydroxylation is 1. The van der Waals surface area contributed by atoms with Crippen molar-refractivity contribution in [2.45, 2.75) is 57.7 Å². The molecule has 4 heterocycles. The minimum atomic E-state index is 0.0389. The second-order valence-corrected chi connectivity index (χ2v) is 8.71. The molecular weight excluding hydrogens is 390 g/mol. The van der Waals surface area contributed by atoms with Crippen molar-refractivity contribution in [2.24, 2.45) is 0 Å². The maximum absolute atomic E-state index is 5.88. The Balaban J connectivity index is 1.64. The average molecular weight is 418 g/mol. The smallest absolute Gasteiger partial charge is 0.170 e. The quantitative estimate of drug-likeness (QED) is 0.618. The Morgan fingerprint density at radius 3 is 2.40 bits per heavy atom. The first kappa shape index (κ1) is 19.2. The van der Waals surface area contributed by atoms with Crippen LogP contribution in [0.3, 0.4) is 0 Å². The van der Waals surface area contributed by atoms with Gasteiger partial charge in [-0.25, -0.2) is 4.98 Å². The van der Waals surface area contributed by atoms with Gasteiger partial charge in [0.15, 0.2) is 5.11 Å². The van der Waals surface area contributed by atoms with Crippen molar-refractivity contribution in [3.05, 3.63) is 77.5 Å². The molecule has 3 aromatic rings. The first-order chi connectivity index (χ1) is 14.6. The molecule has 2 fully saturated rings. The summed E-state index contributed by atoms with van der Waals surface area (Å²) in [6.07, 6.45) is 8.67. The van der Waals surface area contributed by atoms with Gasteiger partial charge in [-0.1, -0.05) is 25.0 Å². The molecule has 0 amide bonds. The molecule has 5 nitrogen and oxygen atoms in total. The summed E-state index contributed by atoms with van der Waals surface area (Å²) in [6, 6.07) is 15.1. The summed E-state index contributed by atoms with van der Waals surface area (Å²) in [5, 5.41) is 4.46. The van der Waals surface area contributed by atoms with Crippen molar-refractivity contribution >= 4 is 17.3 Å². The van der Waals surface area contributed by atoms with Gasteiger partial charge in [0.2, 0.25) is 0 Å². The standard InChI is InChI=1S/C24H27N5S/c1-16-15-19(17(2)28(16)21-12-6-8-14-26-21)23-22(20-11-5-7-13-25-20)27-24(30)29(23)18-9-3-4-10-18/h5-8,11-15,18,22-23H,3-4,9-10H2,1-2H3,(H,27,30)/t22-,23-/m0/s1. The van der Waals surface area contributed by atoms with Gasteiger partial charge in [-0.15, -0.1) is 0 Å². The molecule has 1 saturated carbocycles. The minimum Gasteiger partial charge on any atom is -0.352 e. The Bertz CT molecular complexity index is 1040. The summed E-state index contributed by atoms with van der Waals surface area (Å²) in [4.78, 5) is 11.7. The van der Waals surface area contributed by atoms with Crippen molar-refractivity contribution in [1.82, 2.24) is 24.8 Å². The molecule has 2 atom stereocenters. The SMILES string of the molecule is Cc1cc([C@H]2[C@H](c3ccccn3)NC(=S)N2C2CCCC2)c(C)n1-c1ccccn1. The van der Waals surface area contributed by atoms with Gasteiger partial charge in [-0.05, 0) is 74.8 Å². The predicted molar refractivity (Wildman–Crippen MR) is 123 cm³/mol. The average Bonchev–Trinajstić information content (AvgIpc) is 3.47. The summed E-state index contributed by atoms with van der Waals surface area (Å²) in [5.41, 5.74) is 4.73. The highest BCUT2D eigenvalue weighted by molar-refractivity contribution is 7.80. The van der Waals surface area contributed by atoms with E-state index in [9.17, 15) is 0 Å². The molecule has 0 unspecified atom stereocenters. The van der Waals surface area contributed by atoms with Gasteiger partial charge < -0.3 is 14.8 Å². The molecule has 30 heavy (non-hydrogen) atoms. The van der Waals surface area contributed by atoms with Gasteiger partial charge in [0, 0.05) is 29.8 Å². The zero-order valence-electron chi connectivity index (χ0n) is 17.5. The van der Waals surface area contributed by atoms with Gasteiger partial charge >= 0.3 is 0 Å². The Hall–Kier alpha value is -2.73. The maximum atomic E-state index is 5.88. The predicted octanol–water partition coefficient (Wildman–Crippen LogP) is 4.80. The van der Waals surface area contributed by atoms with Crippen molar-refractivity contribution in [3.63, 3.8) is 0 Å². The normalized spacial score (nSPS) is 21.9. The zero-order valence-corrected chi connectivity index (χ0v) is 18.3. The lowest BCUT2D eigenvalue weighted by molar-refractivity contribution is 0.245. The number of pyridine rings is 2. The van der Waals surface area contributed by atoms with Crippen LogP contribution in [-0.2, 0) is 0 Å². The number of hydrogen-bond donors (Lipinski definition) is 1. The Kier molecular flexibility index (Phi) is 5.03. The van der Waals surface area contributed by atoms with Crippen LogP contribution >= 0.6 is 12.2 Å². The van der Waals surface area contributed by atoms with E-state index in [2.05, 4.69) is 62.9 Å². The van der Waals surface area contributed by atoms with E-state index in [0.717, 1.165) is 16.6 Å². The third-order valence-electron chi connectivity index (χ3n) is 6.52. The first-order valence-electron chi connectivity index (χ1n) is 10.7. The molecule has 0 bridgehead atoms. The van der Waals surface area contributed by atoms with Crippen molar-refractivity contribution in [3.8, 4) is 5.82 Å². The van der Waals surface area contributed by atoms with Gasteiger partial charge in [0.25, 0.3) is 0 Å². The molecule has 1 N–H and O–H groups in total. The van der Waals surface area contributed by atoms with Crippen molar-refractivity contribution < 1.29 is 0 Å². The molecule has 0 radical (unpaired) electrons. The first-order valence-corrected chi connectivity index (χ1v) is 11.2. The van der Waals surface area contributed by atoms with E-state index in [4.69, 9.17) is 12.2 Å². The molecule has 1 aliphatic carbocycles. The van der Waals surface area contributed by atoms with Crippen LogP contribution in [0.4, 0.5) is 0 Å². The van der Waals surface area contributed by atoms with Crippen LogP contribution in [0.5, 0.6) is 0 Å².